The van der Waals surface area contributed by atoms with E-state index in [-0.39, 0.29) is 38.1 Å². The summed E-state index contributed by atoms with van der Waals surface area (Å²) in [6.45, 7) is 0.387. The van der Waals surface area contributed by atoms with Gasteiger partial charge >= 0.3 is 0 Å². The molecule has 11 heteroatoms. The predicted octanol–water partition coefficient (Wildman–Crippen LogP) is 4.76. The lowest BCUT2D eigenvalue weighted by Crippen LogP contribution is -2.43. The molecule has 0 bridgehead atoms. The number of anilines is 1. The van der Waals surface area contributed by atoms with Crippen molar-refractivity contribution in [1.29, 1.82) is 0 Å². The van der Waals surface area contributed by atoms with Crippen molar-refractivity contribution in [3.8, 4) is 0 Å². The number of hydrogen-bond acceptors (Lipinski definition) is 5. The van der Waals surface area contributed by atoms with Gasteiger partial charge in [0.25, 0.3) is 15.8 Å². The van der Waals surface area contributed by atoms with Crippen LogP contribution in [0.15, 0.2) is 44.8 Å². The monoisotopic (exact) mass is 466 g/mol. The maximum Gasteiger partial charge on any atom is 0.289 e. The van der Waals surface area contributed by atoms with Gasteiger partial charge in [-0.25, -0.2) is 8.42 Å². The highest BCUT2D eigenvalue weighted by molar-refractivity contribution is 7.99. The minimum absolute atomic E-state index is 0.0456. The van der Waals surface area contributed by atoms with Crippen LogP contribution in [0.2, 0.25) is 5.02 Å². The second kappa shape index (κ2) is 9.08. The zero-order valence-corrected chi connectivity index (χ0v) is 17.7. The normalized spacial score (nSPS) is 18.4. The average molecular weight is 467 g/mol. The number of benzene rings is 1. The van der Waals surface area contributed by atoms with Crippen LogP contribution in [0.1, 0.15) is 12.8 Å². The van der Waals surface area contributed by atoms with Crippen LogP contribution >= 0.6 is 34.7 Å². The Kier molecular flexibility index (Phi) is 6.98. The van der Waals surface area contributed by atoms with Crippen molar-refractivity contribution in [2.24, 2.45) is 5.92 Å². The second-order valence-electron chi connectivity index (χ2n) is 6.12. The van der Waals surface area contributed by atoms with Gasteiger partial charge in [0.05, 0.1) is 21.5 Å². The third kappa shape index (κ3) is 4.85. The van der Waals surface area contributed by atoms with E-state index in [1.165, 1.54) is 22.5 Å². The Morgan fingerprint density at radius 1 is 1.32 bits per heavy atom. The fourth-order valence-electron chi connectivity index (χ4n) is 2.96. The van der Waals surface area contributed by atoms with E-state index in [2.05, 4.69) is 5.32 Å². The maximum absolute atomic E-state index is 12.8. The summed E-state index contributed by atoms with van der Waals surface area (Å²) in [5.41, 5.74) is 0.195. The molecular formula is C17H17ClF2N2O3S3. The molecule has 2 heterocycles. The molecule has 0 aliphatic carbocycles. The highest BCUT2D eigenvalue weighted by Gasteiger charge is 2.34. The summed E-state index contributed by atoms with van der Waals surface area (Å²) >= 11 is 7.38. The van der Waals surface area contributed by atoms with Gasteiger partial charge in [0.15, 0.2) is 0 Å². The number of amides is 1. The average Bonchev–Trinajstić information content (AvgIpc) is 3.20. The molecule has 1 aliphatic rings. The molecule has 2 aromatic rings. The van der Waals surface area contributed by atoms with E-state index in [0.717, 1.165) is 11.3 Å². The van der Waals surface area contributed by atoms with E-state index in [9.17, 15) is 22.0 Å². The summed E-state index contributed by atoms with van der Waals surface area (Å²) in [5.74, 6) is -3.67. The number of piperidine rings is 1. The number of carbonyl (C=O) groups is 1. The van der Waals surface area contributed by atoms with Gasteiger partial charge in [-0.05, 0) is 36.4 Å². The minimum Gasteiger partial charge on any atom is -0.325 e. The second-order valence-corrected chi connectivity index (χ2v) is 10.6. The summed E-state index contributed by atoms with van der Waals surface area (Å²) in [5, 5.41) is 4.44. The molecule has 0 radical (unpaired) electrons. The summed E-state index contributed by atoms with van der Waals surface area (Å²) < 4.78 is 52.5. The van der Waals surface area contributed by atoms with Crippen LogP contribution in [0.3, 0.4) is 0 Å². The van der Waals surface area contributed by atoms with Crippen LogP contribution < -0.4 is 5.32 Å². The van der Waals surface area contributed by atoms with Crippen molar-refractivity contribution in [2.75, 3.05) is 18.4 Å². The number of hydrogen-bond donors (Lipinski definition) is 1. The molecule has 5 nitrogen and oxygen atoms in total. The standard InChI is InChI=1S/C17H17ClF2N2O3S3/c18-12-5-1-6-13(15(12)27-17(19)20)21-16(23)11-4-2-8-22(10-11)28(24,25)14-7-3-9-26-14/h1,3,5-7,9,11,17H,2,4,8,10H2,(H,21,23). The molecule has 1 amide bonds. The third-order valence-electron chi connectivity index (χ3n) is 4.28. The number of thioether (sulfide) groups is 1. The van der Waals surface area contributed by atoms with Crippen LogP contribution in [0, 0.1) is 5.92 Å². The molecule has 28 heavy (non-hydrogen) atoms. The number of nitrogens with zero attached hydrogens (tertiary/aromatic N) is 1. The third-order valence-corrected chi connectivity index (χ3v) is 8.79. The first-order chi connectivity index (χ1) is 13.3. The number of carbonyl (C=O) groups excluding carboxylic acids is 1. The van der Waals surface area contributed by atoms with Gasteiger partial charge in [-0.3, -0.25) is 4.79 Å². The fourth-order valence-corrected chi connectivity index (χ4v) is 6.54. The SMILES string of the molecule is O=C(Nc1cccc(Cl)c1SC(F)F)C1CCCN(S(=O)(=O)c2cccs2)C1. The molecule has 1 N–H and O–H groups in total. The number of alkyl halides is 2. The molecule has 3 rings (SSSR count). The van der Waals surface area contributed by atoms with Gasteiger partial charge < -0.3 is 5.32 Å². The smallest absolute Gasteiger partial charge is 0.289 e. The van der Waals surface area contributed by atoms with E-state index >= 15 is 0 Å². The summed E-state index contributed by atoms with van der Waals surface area (Å²) in [7, 11) is -3.64. The Balaban J connectivity index is 1.74. The van der Waals surface area contributed by atoms with E-state index in [1.807, 2.05) is 0 Å². The van der Waals surface area contributed by atoms with Crippen molar-refractivity contribution < 1.29 is 22.0 Å². The van der Waals surface area contributed by atoms with Crippen LogP contribution in [0.5, 0.6) is 0 Å². The van der Waals surface area contributed by atoms with E-state index < -0.39 is 27.6 Å². The van der Waals surface area contributed by atoms with Gasteiger partial charge in [0.2, 0.25) is 5.91 Å². The predicted molar refractivity (Wildman–Crippen MR) is 108 cm³/mol. The van der Waals surface area contributed by atoms with Crippen LogP contribution in [0.4, 0.5) is 14.5 Å². The van der Waals surface area contributed by atoms with Gasteiger partial charge in [-0.15, -0.1) is 11.3 Å². The van der Waals surface area contributed by atoms with Crippen molar-refractivity contribution in [3.63, 3.8) is 0 Å². The lowest BCUT2D eigenvalue weighted by molar-refractivity contribution is -0.120. The van der Waals surface area contributed by atoms with Crippen LogP contribution in [-0.2, 0) is 14.8 Å². The fraction of sp³-hybridized carbons (Fsp3) is 0.353. The lowest BCUT2D eigenvalue weighted by atomic mass is 9.99. The van der Waals surface area contributed by atoms with E-state index in [0.29, 0.717) is 19.4 Å². The molecule has 0 spiro atoms. The molecule has 1 fully saturated rings. The highest BCUT2D eigenvalue weighted by Crippen LogP contribution is 2.38. The topological polar surface area (TPSA) is 66.5 Å². The number of thiophene rings is 1. The van der Waals surface area contributed by atoms with Crippen molar-refractivity contribution in [2.45, 2.75) is 27.7 Å². The molecular weight excluding hydrogens is 450 g/mol. The number of nitrogens with one attached hydrogen (secondary N) is 1. The number of halogens is 3. The van der Waals surface area contributed by atoms with E-state index in [4.69, 9.17) is 11.6 Å². The molecule has 1 unspecified atom stereocenters. The Morgan fingerprint density at radius 2 is 2.11 bits per heavy atom. The zero-order chi connectivity index (χ0) is 20.3. The summed E-state index contributed by atoms with van der Waals surface area (Å²) in [6.07, 6.45) is 1.05. The van der Waals surface area contributed by atoms with Crippen molar-refractivity contribution in [1.82, 2.24) is 4.31 Å². The van der Waals surface area contributed by atoms with Gasteiger partial charge in [-0.2, -0.15) is 13.1 Å². The summed E-state index contributed by atoms with van der Waals surface area (Å²) in [4.78, 5) is 12.8. The quantitative estimate of drug-likeness (QED) is 0.623. The highest BCUT2D eigenvalue weighted by atomic mass is 35.5. The molecule has 0 saturated carbocycles. The van der Waals surface area contributed by atoms with Crippen LogP contribution in [0.25, 0.3) is 0 Å². The molecule has 1 aromatic heterocycles. The molecule has 1 saturated heterocycles. The Labute approximate surface area is 175 Å². The molecule has 1 aliphatic heterocycles. The first-order valence-corrected chi connectivity index (χ1v) is 11.9. The number of sulfonamides is 1. The Bertz CT molecular complexity index is 939. The van der Waals surface area contributed by atoms with E-state index in [1.54, 1.807) is 17.5 Å². The lowest BCUT2D eigenvalue weighted by Gasteiger charge is -2.31. The molecule has 1 atom stereocenters. The first-order valence-electron chi connectivity index (χ1n) is 8.37. The largest absolute Gasteiger partial charge is 0.325 e. The summed E-state index contributed by atoms with van der Waals surface area (Å²) in [6, 6.07) is 7.72. The number of rotatable bonds is 6. The first kappa shape index (κ1) is 21.5. The molecule has 1 aromatic carbocycles. The van der Waals surface area contributed by atoms with Gasteiger partial charge in [0, 0.05) is 13.1 Å². The Morgan fingerprint density at radius 3 is 2.79 bits per heavy atom. The maximum atomic E-state index is 12.8. The van der Waals surface area contributed by atoms with Gasteiger partial charge in [0.1, 0.15) is 4.21 Å². The van der Waals surface area contributed by atoms with Crippen molar-refractivity contribution >= 4 is 56.3 Å². The van der Waals surface area contributed by atoms with Crippen molar-refractivity contribution in [3.05, 3.63) is 40.7 Å². The van der Waals surface area contributed by atoms with Gasteiger partial charge in [-0.1, -0.05) is 35.5 Å². The zero-order valence-electron chi connectivity index (χ0n) is 14.5. The minimum atomic E-state index is -3.64. The van der Waals surface area contributed by atoms with Crippen LogP contribution in [-0.4, -0.2) is 37.5 Å². The Hall–Kier alpha value is -1.20. The molecule has 152 valence electrons.